The third-order valence-corrected chi connectivity index (χ3v) is 4.61. The van der Waals surface area contributed by atoms with Gasteiger partial charge in [0.05, 0.1) is 5.56 Å². The van der Waals surface area contributed by atoms with Gasteiger partial charge in [-0.05, 0) is 58.6 Å². The van der Waals surface area contributed by atoms with Gasteiger partial charge in [-0.2, -0.15) is 0 Å². The predicted molar refractivity (Wildman–Crippen MR) is 88.7 cm³/mol. The molecule has 22 heavy (non-hydrogen) atoms. The van der Waals surface area contributed by atoms with Crippen LogP contribution in [0.3, 0.4) is 0 Å². The van der Waals surface area contributed by atoms with Crippen LogP contribution >= 0.6 is 0 Å². The molecule has 2 nitrogen and oxygen atoms in total. The van der Waals surface area contributed by atoms with Gasteiger partial charge in [-0.25, -0.2) is 4.79 Å². The Hall–Kier alpha value is -2.09. The van der Waals surface area contributed by atoms with Gasteiger partial charge in [0.15, 0.2) is 0 Å². The van der Waals surface area contributed by atoms with E-state index < -0.39 is 5.97 Å². The van der Waals surface area contributed by atoms with E-state index in [-0.39, 0.29) is 5.41 Å². The summed E-state index contributed by atoms with van der Waals surface area (Å²) in [5.41, 5.74) is 5.86. The minimum atomic E-state index is -0.854. The Bertz CT molecular complexity index is 723. The third-order valence-electron chi connectivity index (χ3n) is 4.61. The highest BCUT2D eigenvalue weighted by molar-refractivity contribution is 5.87. The minimum Gasteiger partial charge on any atom is -0.478 e. The van der Waals surface area contributed by atoms with Crippen LogP contribution in [0.5, 0.6) is 0 Å². The van der Waals surface area contributed by atoms with Gasteiger partial charge >= 0.3 is 5.97 Å². The van der Waals surface area contributed by atoms with Crippen molar-refractivity contribution in [3.8, 4) is 0 Å². The normalized spacial score (nSPS) is 17.3. The molecule has 0 bridgehead atoms. The topological polar surface area (TPSA) is 37.3 Å². The second-order valence-electron chi connectivity index (χ2n) is 7.27. The molecule has 1 aliphatic rings. The van der Waals surface area contributed by atoms with Crippen molar-refractivity contribution >= 4 is 5.97 Å². The summed E-state index contributed by atoms with van der Waals surface area (Å²) >= 11 is 0. The van der Waals surface area contributed by atoms with E-state index in [0.29, 0.717) is 11.5 Å². The van der Waals surface area contributed by atoms with Gasteiger partial charge in [-0.15, -0.1) is 0 Å². The molecule has 1 N–H and O–H groups in total. The van der Waals surface area contributed by atoms with E-state index in [9.17, 15) is 4.79 Å². The Morgan fingerprint density at radius 2 is 1.77 bits per heavy atom. The van der Waals surface area contributed by atoms with Crippen molar-refractivity contribution < 1.29 is 9.90 Å². The SMILES string of the molecule is CC(C)(C)c1ccc2c(c1)CC(c1cccc(C(=O)O)c1)C2. The number of benzene rings is 2. The summed E-state index contributed by atoms with van der Waals surface area (Å²) in [6.45, 7) is 6.70. The summed E-state index contributed by atoms with van der Waals surface area (Å²) in [4.78, 5) is 11.1. The first kappa shape index (κ1) is 14.8. The van der Waals surface area contributed by atoms with Gasteiger partial charge in [-0.3, -0.25) is 0 Å². The number of rotatable bonds is 2. The van der Waals surface area contributed by atoms with Crippen LogP contribution in [-0.2, 0) is 18.3 Å². The van der Waals surface area contributed by atoms with Gasteiger partial charge in [-0.1, -0.05) is 51.1 Å². The molecule has 2 heteroatoms. The zero-order valence-electron chi connectivity index (χ0n) is 13.4. The number of hydrogen-bond acceptors (Lipinski definition) is 1. The van der Waals surface area contributed by atoms with Crippen LogP contribution in [0.4, 0.5) is 0 Å². The summed E-state index contributed by atoms with van der Waals surface area (Å²) in [5, 5.41) is 9.15. The first-order chi connectivity index (χ1) is 10.3. The van der Waals surface area contributed by atoms with Gasteiger partial charge in [0, 0.05) is 0 Å². The fourth-order valence-corrected chi connectivity index (χ4v) is 3.25. The summed E-state index contributed by atoms with van der Waals surface area (Å²) in [6.07, 6.45) is 2.01. The van der Waals surface area contributed by atoms with Crippen LogP contribution in [-0.4, -0.2) is 11.1 Å². The van der Waals surface area contributed by atoms with Crippen molar-refractivity contribution in [2.24, 2.45) is 0 Å². The molecule has 1 aliphatic carbocycles. The van der Waals surface area contributed by atoms with E-state index >= 15 is 0 Å². The molecule has 0 aromatic heterocycles. The van der Waals surface area contributed by atoms with Crippen molar-refractivity contribution in [1.29, 1.82) is 0 Å². The second-order valence-corrected chi connectivity index (χ2v) is 7.27. The lowest BCUT2D eigenvalue weighted by atomic mass is 9.85. The van der Waals surface area contributed by atoms with Crippen molar-refractivity contribution in [2.75, 3.05) is 0 Å². The third kappa shape index (κ3) is 2.78. The molecule has 0 heterocycles. The molecular weight excluding hydrogens is 272 g/mol. The molecular formula is C20H22O2. The molecule has 0 fully saturated rings. The molecule has 0 saturated carbocycles. The van der Waals surface area contributed by atoms with Crippen molar-refractivity contribution in [3.05, 3.63) is 70.3 Å². The van der Waals surface area contributed by atoms with Crippen LogP contribution in [0, 0.1) is 0 Å². The van der Waals surface area contributed by atoms with Gasteiger partial charge in [0.2, 0.25) is 0 Å². The maximum absolute atomic E-state index is 11.1. The average Bonchev–Trinajstić information content (AvgIpc) is 2.89. The van der Waals surface area contributed by atoms with Gasteiger partial charge in [0.25, 0.3) is 0 Å². The smallest absolute Gasteiger partial charge is 0.335 e. The monoisotopic (exact) mass is 294 g/mol. The second kappa shape index (κ2) is 5.28. The fraction of sp³-hybridized carbons (Fsp3) is 0.350. The largest absolute Gasteiger partial charge is 0.478 e. The average molecular weight is 294 g/mol. The maximum atomic E-state index is 11.1. The molecule has 0 spiro atoms. The Morgan fingerprint density at radius 3 is 2.45 bits per heavy atom. The molecule has 3 rings (SSSR count). The van der Waals surface area contributed by atoms with Gasteiger partial charge < -0.3 is 5.11 Å². The molecule has 2 aromatic rings. The quantitative estimate of drug-likeness (QED) is 0.881. The molecule has 0 saturated heterocycles. The number of carboxylic acids is 1. The van der Waals surface area contributed by atoms with Gasteiger partial charge in [0.1, 0.15) is 0 Å². The molecule has 114 valence electrons. The van der Waals surface area contributed by atoms with Crippen LogP contribution in [0.2, 0.25) is 0 Å². The Balaban J connectivity index is 1.88. The Morgan fingerprint density at radius 1 is 1.05 bits per heavy atom. The van der Waals surface area contributed by atoms with E-state index in [2.05, 4.69) is 39.0 Å². The number of carbonyl (C=O) groups is 1. The summed E-state index contributed by atoms with van der Waals surface area (Å²) in [5.74, 6) is -0.461. The summed E-state index contributed by atoms with van der Waals surface area (Å²) in [6, 6.07) is 14.2. The standard InChI is InChI=1S/C20H22O2/c1-20(2,3)18-8-7-14-10-16(11-17(14)12-18)13-5-4-6-15(9-13)19(21)22/h4-9,12,16H,10-11H2,1-3H3,(H,21,22). The molecule has 0 radical (unpaired) electrons. The predicted octanol–water partition coefficient (Wildman–Crippen LogP) is 4.56. The van der Waals surface area contributed by atoms with Crippen LogP contribution in [0.15, 0.2) is 42.5 Å². The summed E-state index contributed by atoms with van der Waals surface area (Å²) in [7, 11) is 0. The molecule has 0 aliphatic heterocycles. The number of carboxylic acid groups (broad SMARTS) is 1. The lowest BCUT2D eigenvalue weighted by Gasteiger charge is -2.19. The van der Waals surface area contributed by atoms with E-state index in [1.807, 2.05) is 18.2 Å². The summed E-state index contributed by atoms with van der Waals surface area (Å²) < 4.78 is 0. The molecule has 1 atom stereocenters. The molecule has 1 unspecified atom stereocenters. The highest BCUT2D eigenvalue weighted by atomic mass is 16.4. The zero-order chi connectivity index (χ0) is 15.9. The highest BCUT2D eigenvalue weighted by Gasteiger charge is 2.25. The van der Waals surface area contributed by atoms with Crippen LogP contribution < -0.4 is 0 Å². The molecule has 0 amide bonds. The van der Waals surface area contributed by atoms with E-state index in [0.717, 1.165) is 18.4 Å². The number of fused-ring (bicyclic) bond motifs is 1. The zero-order valence-corrected chi connectivity index (χ0v) is 13.4. The Kier molecular flexibility index (Phi) is 3.56. The first-order valence-corrected chi connectivity index (χ1v) is 7.80. The fourth-order valence-electron chi connectivity index (χ4n) is 3.25. The molecule has 2 aromatic carbocycles. The van der Waals surface area contributed by atoms with Crippen LogP contribution in [0.25, 0.3) is 0 Å². The Labute approximate surface area is 131 Å². The number of hydrogen-bond donors (Lipinski definition) is 1. The maximum Gasteiger partial charge on any atom is 0.335 e. The lowest BCUT2D eigenvalue weighted by molar-refractivity contribution is 0.0696. The first-order valence-electron chi connectivity index (χ1n) is 7.80. The number of aromatic carboxylic acids is 1. The minimum absolute atomic E-state index is 0.163. The van der Waals surface area contributed by atoms with Crippen molar-refractivity contribution in [1.82, 2.24) is 0 Å². The van der Waals surface area contributed by atoms with Crippen molar-refractivity contribution in [2.45, 2.75) is 44.9 Å². The highest BCUT2D eigenvalue weighted by Crippen LogP contribution is 2.36. The van der Waals surface area contributed by atoms with E-state index in [1.165, 1.54) is 16.7 Å². The van der Waals surface area contributed by atoms with E-state index in [4.69, 9.17) is 5.11 Å². The van der Waals surface area contributed by atoms with E-state index in [1.54, 1.807) is 6.07 Å². The van der Waals surface area contributed by atoms with Crippen molar-refractivity contribution in [3.63, 3.8) is 0 Å². The van der Waals surface area contributed by atoms with Crippen LogP contribution in [0.1, 0.15) is 59.3 Å². The lowest BCUT2D eigenvalue weighted by Crippen LogP contribution is -2.11.